The van der Waals surface area contributed by atoms with E-state index in [2.05, 4.69) is 20.4 Å². The van der Waals surface area contributed by atoms with E-state index >= 15 is 0 Å². The predicted molar refractivity (Wildman–Crippen MR) is 69.9 cm³/mol. The van der Waals surface area contributed by atoms with Crippen molar-refractivity contribution >= 4 is 17.5 Å². The van der Waals surface area contributed by atoms with Gasteiger partial charge in [-0.1, -0.05) is 0 Å². The highest BCUT2D eigenvalue weighted by molar-refractivity contribution is 6.03. The molecule has 3 rings (SSSR count). The van der Waals surface area contributed by atoms with Crippen LogP contribution in [0.4, 0.5) is 5.95 Å². The largest absolute Gasteiger partial charge is 0.289 e. The Labute approximate surface area is 109 Å². The summed E-state index contributed by atoms with van der Waals surface area (Å²) >= 11 is 0. The molecule has 0 spiro atoms. The van der Waals surface area contributed by atoms with Crippen molar-refractivity contribution < 1.29 is 4.79 Å². The van der Waals surface area contributed by atoms with Crippen LogP contribution < -0.4 is 5.32 Å². The van der Waals surface area contributed by atoms with Crippen molar-refractivity contribution in [3.05, 3.63) is 54.0 Å². The summed E-state index contributed by atoms with van der Waals surface area (Å²) in [5, 5.41) is 6.82. The second kappa shape index (κ2) is 4.49. The van der Waals surface area contributed by atoms with Crippen molar-refractivity contribution in [3.8, 4) is 0 Å². The van der Waals surface area contributed by atoms with Gasteiger partial charge in [-0.15, -0.1) is 5.10 Å². The summed E-state index contributed by atoms with van der Waals surface area (Å²) < 4.78 is 1.62. The lowest BCUT2D eigenvalue weighted by molar-refractivity contribution is 0.102. The third-order valence-electron chi connectivity index (χ3n) is 2.64. The Morgan fingerprint density at radius 3 is 3.05 bits per heavy atom. The summed E-state index contributed by atoms with van der Waals surface area (Å²) in [5.41, 5.74) is 2.25. The minimum Gasteiger partial charge on any atom is -0.289 e. The van der Waals surface area contributed by atoms with Crippen LogP contribution in [-0.4, -0.2) is 25.5 Å². The van der Waals surface area contributed by atoms with Crippen LogP contribution in [0.25, 0.3) is 5.65 Å². The molecule has 6 heteroatoms. The van der Waals surface area contributed by atoms with E-state index in [0.29, 0.717) is 11.2 Å². The fourth-order valence-corrected chi connectivity index (χ4v) is 1.71. The maximum absolute atomic E-state index is 11.9. The maximum Gasteiger partial charge on any atom is 0.259 e. The van der Waals surface area contributed by atoms with Crippen LogP contribution in [0.15, 0.2) is 42.9 Å². The monoisotopic (exact) mass is 253 g/mol. The van der Waals surface area contributed by atoms with Crippen molar-refractivity contribution in [1.82, 2.24) is 19.6 Å². The number of fused-ring (bicyclic) bond motifs is 1. The summed E-state index contributed by atoms with van der Waals surface area (Å²) in [7, 11) is 0. The van der Waals surface area contributed by atoms with E-state index < -0.39 is 0 Å². The molecule has 0 saturated heterocycles. The molecular formula is C13H11N5O. The lowest BCUT2D eigenvalue weighted by Crippen LogP contribution is -2.13. The van der Waals surface area contributed by atoms with Gasteiger partial charge in [0.15, 0.2) is 5.65 Å². The first-order valence-corrected chi connectivity index (χ1v) is 5.77. The van der Waals surface area contributed by atoms with Gasteiger partial charge >= 0.3 is 0 Å². The summed E-state index contributed by atoms with van der Waals surface area (Å²) in [6.45, 7) is 1.97. The van der Waals surface area contributed by atoms with Crippen LogP contribution in [0.2, 0.25) is 0 Å². The molecule has 0 fully saturated rings. The summed E-state index contributed by atoms with van der Waals surface area (Å²) in [6.07, 6.45) is 4.91. The molecular weight excluding hydrogens is 242 g/mol. The minimum absolute atomic E-state index is 0.277. The van der Waals surface area contributed by atoms with E-state index in [1.54, 1.807) is 29.0 Å². The van der Waals surface area contributed by atoms with Crippen molar-refractivity contribution in [2.24, 2.45) is 0 Å². The summed E-state index contributed by atoms with van der Waals surface area (Å²) in [4.78, 5) is 20.1. The Hall–Kier alpha value is -2.76. The molecule has 94 valence electrons. The van der Waals surface area contributed by atoms with Gasteiger partial charge in [0.25, 0.3) is 5.91 Å². The van der Waals surface area contributed by atoms with Crippen molar-refractivity contribution in [2.75, 3.05) is 5.32 Å². The molecule has 0 radical (unpaired) electrons. The van der Waals surface area contributed by atoms with Gasteiger partial charge < -0.3 is 0 Å². The number of aryl methyl sites for hydroxylation is 1. The van der Waals surface area contributed by atoms with Gasteiger partial charge in [-0.2, -0.15) is 4.98 Å². The maximum atomic E-state index is 11.9. The van der Waals surface area contributed by atoms with Gasteiger partial charge in [0.1, 0.15) is 0 Å². The highest BCUT2D eigenvalue weighted by Gasteiger charge is 2.09. The molecule has 0 aliphatic heterocycles. The first kappa shape index (κ1) is 11.3. The first-order valence-electron chi connectivity index (χ1n) is 5.77. The third kappa shape index (κ3) is 2.28. The number of hydrogen-bond acceptors (Lipinski definition) is 4. The van der Waals surface area contributed by atoms with E-state index in [0.717, 1.165) is 5.56 Å². The van der Waals surface area contributed by atoms with Crippen molar-refractivity contribution in [2.45, 2.75) is 6.92 Å². The van der Waals surface area contributed by atoms with Crippen LogP contribution in [0, 0.1) is 6.92 Å². The highest BCUT2D eigenvalue weighted by Crippen LogP contribution is 2.08. The first-order chi connectivity index (χ1) is 9.22. The molecule has 0 atom stereocenters. The molecule has 0 unspecified atom stereocenters. The van der Waals surface area contributed by atoms with Gasteiger partial charge in [0.2, 0.25) is 5.95 Å². The average molecular weight is 253 g/mol. The number of carbonyl (C=O) groups excluding carboxylic acids is 1. The fraction of sp³-hybridized carbons (Fsp3) is 0.0769. The molecule has 0 bridgehead atoms. The predicted octanol–water partition coefficient (Wildman–Crippen LogP) is 1.69. The van der Waals surface area contributed by atoms with E-state index in [-0.39, 0.29) is 11.9 Å². The fourth-order valence-electron chi connectivity index (χ4n) is 1.71. The Morgan fingerprint density at radius 2 is 2.26 bits per heavy atom. The molecule has 3 aromatic heterocycles. The number of rotatable bonds is 2. The molecule has 19 heavy (non-hydrogen) atoms. The highest BCUT2D eigenvalue weighted by atomic mass is 16.1. The number of carbonyl (C=O) groups is 1. The van der Waals surface area contributed by atoms with Crippen LogP contribution in [0.5, 0.6) is 0 Å². The Kier molecular flexibility index (Phi) is 2.68. The zero-order valence-electron chi connectivity index (χ0n) is 10.2. The Balaban J connectivity index is 1.87. The van der Waals surface area contributed by atoms with E-state index in [9.17, 15) is 4.79 Å². The Morgan fingerprint density at radius 1 is 1.37 bits per heavy atom. The molecule has 0 aromatic carbocycles. The zero-order chi connectivity index (χ0) is 13.2. The number of nitrogens with zero attached hydrogens (tertiary/aromatic N) is 4. The van der Waals surface area contributed by atoms with Gasteiger partial charge in [-0.05, 0) is 36.8 Å². The van der Waals surface area contributed by atoms with Crippen LogP contribution in [0.3, 0.4) is 0 Å². The van der Waals surface area contributed by atoms with Crippen LogP contribution in [-0.2, 0) is 0 Å². The standard InChI is InChI=1S/C13H11N5O/c1-9-4-6-18-11(7-9)15-13(17-18)16-12(19)10-3-2-5-14-8-10/h2-8H,1H3,(H,16,17,19). The third-order valence-corrected chi connectivity index (χ3v) is 2.64. The Bertz CT molecular complexity index is 735. The van der Waals surface area contributed by atoms with E-state index in [4.69, 9.17) is 0 Å². The lowest BCUT2D eigenvalue weighted by atomic mass is 10.3. The quantitative estimate of drug-likeness (QED) is 0.754. The molecule has 0 saturated carbocycles. The number of aromatic nitrogens is 4. The molecule has 1 amide bonds. The van der Waals surface area contributed by atoms with Crippen LogP contribution >= 0.6 is 0 Å². The molecule has 0 aliphatic carbocycles. The smallest absolute Gasteiger partial charge is 0.259 e. The van der Waals surface area contributed by atoms with Crippen LogP contribution in [0.1, 0.15) is 15.9 Å². The molecule has 6 nitrogen and oxygen atoms in total. The average Bonchev–Trinajstić information content (AvgIpc) is 2.81. The van der Waals surface area contributed by atoms with Crippen molar-refractivity contribution in [1.29, 1.82) is 0 Å². The molecule has 0 aliphatic rings. The second-order valence-electron chi connectivity index (χ2n) is 4.14. The SMILES string of the molecule is Cc1ccn2nc(NC(=O)c3cccnc3)nc2c1. The molecule has 1 N–H and O–H groups in total. The van der Waals surface area contributed by atoms with Gasteiger partial charge in [-0.25, -0.2) is 4.52 Å². The van der Waals surface area contributed by atoms with Crippen molar-refractivity contribution in [3.63, 3.8) is 0 Å². The zero-order valence-corrected chi connectivity index (χ0v) is 10.2. The molecule has 3 heterocycles. The normalized spacial score (nSPS) is 10.6. The number of anilines is 1. The summed E-state index contributed by atoms with van der Waals surface area (Å²) in [5.74, 6) is 0.000168. The number of hydrogen-bond donors (Lipinski definition) is 1. The van der Waals surface area contributed by atoms with Gasteiger partial charge in [0, 0.05) is 18.6 Å². The minimum atomic E-state index is -0.277. The number of amides is 1. The summed E-state index contributed by atoms with van der Waals surface area (Å²) in [6, 6.07) is 7.21. The topological polar surface area (TPSA) is 72.2 Å². The molecule has 3 aromatic rings. The number of nitrogens with one attached hydrogen (secondary N) is 1. The van der Waals surface area contributed by atoms with Gasteiger partial charge in [0.05, 0.1) is 5.56 Å². The van der Waals surface area contributed by atoms with E-state index in [1.165, 1.54) is 6.20 Å². The number of pyridine rings is 2. The second-order valence-corrected chi connectivity index (χ2v) is 4.14. The van der Waals surface area contributed by atoms with Gasteiger partial charge in [-0.3, -0.25) is 15.1 Å². The lowest BCUT2D eigenvalue weighted by Gasteiger charge is -1.98. The van der Waals surface area contributed by atoms with E-state index in [1.807, 2.05) is 19.1 Å².